The van der Waals surface area contributed by atoms with Crippen molar-refractivity contribution in [1.29, 1.82) is 5.26 Å². The second-order valence-electron chi connectivity index (χ2n) is 5.13. The quantitative estimate of drug-likeness (QED) is 0.878. The van der Waals surface area contributed by atoms with Crippen LogP contribution in [0.5, 0.6) is 0 Å². The maximum atomic E-state index is 13.8. The van der Waals surface area contributed by atoms with E-state index in [1.165, 1.54) is 16.5 Å². The number of thiophene rings is 1. The monoisotopic (exact) mass is 286 g/mol. The number of nitrogens with zero attached hydrogens (tertiary/aromatic N) is 1. The van der Waals surface area contributed by atoms with Crippen LogP contribution in [0.4, 0.5) is 10.1 Å². The van der Waals surface area contributed by atoms with E-state index in [0.29, 0.717) is 11.1 Å². The minimum atomic E-state index is -0.326. The van der Waals surface area contributed by atoms with E-state index in [1.807, 2.05) is 6.07 Å². The number of nitriles is 1. The summed E-state index contributed by atoms with van der Waals surface area (Å²) in [5.41, 5.74) is 2.98. The summed E-state index contributed by atoms with van der Waals surface area (Å²) in [7, 11) is 0. The second kappa shape index (κ2) is 5.26. The molecule has 1 aliphatic carbocycles. The number of hydrogen-bond acceptors (Lipinski definition) is 3. The zero-order valence-electron chi connectivity index (χ0n) is 11.2. The molecule has 1 aromatic heterocycles. The lowest BCUT2D eigenvalue weighted by molar-refractivity contribution is 0.601. The normalized spacial score (nSPS) is 17.4. The molecule has 0 radical (unpaired) electrons. The Morgan fingerprint density at radius 3 is 3.10 bits per heavy atom. The molecule has 20 heavy (non-hydrogen) atoms. The van der Waals surface area contributed by atoms with Crippen LogP contribution in [0.1, 0.15) is 40.5 Å². The maximum Gasteiger partial charge on any atom is 0.129 e. The highest BCUT2D eigenvalue weighted by molar-refractivity contribution is 7.10. The highest BCUT2D eigenvalue weighted by Gasteiger charge is 2.22. The Kier molecular flexibility index (Phi) is 3.45. The van der Waals surface area contributed by atoms with Crippen LogP contribution in [0.25, 0.3) is 0 Å². The number of aryl methyl sites for hydroxylation is 1. The van der Waals surface area contributed by atoms with Crippen molar-refractivity contribution >= 4 is 17.0 Å². The molecule has 102 valence electrons. The molecule has 0 spiro atoms. The van der Waals surface area contributed by atoms with Crippen LogP contribution in [0.15, 0.2) is 23.6 Å². The van der Waals surface area contributed by atoms with Gasteiger partial charge in [-0.2, -0.15) is 5.26 Å². The highest BCUT2D eigenvalue weighted by atomic mass is 32.1. The summed E-state index contributed by atoms with van der Waals surface area (Å²) >= 11 is 1.79. The number of benzene rings is 1. The zero-order valence-corrected chi connectivity index (χ0v) is 12.1. The Morgan fingerprint density at radius 2 is 2.30 bits per heavy atom. The van der Waals surface area contributed by atoms with Crippen molar-refractivity contribution < 1.29 is 4.39 Å². The lowest BCUT2D eigenvalue weighted by Crippen LogP contribution is -2.16. The van der Waals surface area contributed by atoms with Crippen molar-refractivity contribution in [3.63, 3.8) is 0 Å². The second-order valence-corrected chi connectivity index (χ2v) is 6.13. The molecule has 0 amide bonds. The number of halogens is 1. The van der Waals surface area contributed by atoms with E-state index in [2.05, 4.69) is 16.8 Å². The van der Waals surface area contributed by atoms with Crippen LogP contribution in [-0.2, 0) is 6.42 Å². The first kappa shape index (κ1) is 13.1. The van der Waals surface area contributed by atoms with E-state index in [0.717, 1.165) is 24.9 Å². The summed E-state index contributed by atoms with van der Waals surface area (Å²) in [4.78, 5) is 1.42. The number of hydrogen-bond donors (Lipinski definition) is 1. The van der Waals surface area contributed by atoms with E-state index >= 15 is 0 Å². The molecule has 0 saturated carbocycles. The van der Waals surface area contributed by atoms with Crippen molar-refractivity contribution in [2.24, 2.45) is 0 Å². The largest absolute Gasteiger partial charge is 0.378 e. The molecule has 1 heterocycles. The SMILES string of the molecule is Cc1c(F)cc(C#N)cc1NC1CCCc2sccc21. The fourth-order valence-electron chi connectivity index (χ4n) is 2.72. The predicted molar refractivity (Wildman–Crippen MR) is 79.5 cm³/mol. The minimum Gasteiger partial charge on any atom is -0.378 e. The zero-order chi connectivity index (χ0) is 14.1. The first-order valence-corrected chi connectivity index (χ1v) is 7.60. The molecule has 2 aromatic rings. The van der Waals surface area contributed by atoms with Gasteiger partial charge in [0.25, 0.3) is 0 Å². The molecule has 1 aromatic carbocycles. The van der Waals surface area contributed by atoms with Crippen LogP contribution in [0.3, 0.4) is 0 Å². The molecule has 4 heteroatoms. The van der Waals surface area contributed by atoms with Gasteiger partial charge in [0.2, 0.25) is 0 Å². The highest BCUT2D eigenvalue weighted by Crippen LogP contribution is 2.36. The van der Waals surface area contributed by atoms with Gasteiger partial charge in [-0.25, -0.2) is 4.39 Å². The van der Waals surface area contributed by atoms with Gasteiger partial charge in [0.15, 0.2) is 0 Å². The molecule has 1 atom stereocenters. The van der Waals surface area contributed by atoms with Gasteiger partial charge < -0.3 is 5.32 Å². The fourth-order valence-corrected chi connectivity index (χ4v) is 3.70. The van der Waals surface area contributed by atoms with E-state index in [4.69, 9.17) is 5.26 Å². The van der Waals surface area contributed by atoms with E-state index in [1.54, 1.807) is 24.3 Å². The van der Waals surface area contributed by atoms with Gasteiger partial charge in [-0.05, 0) is 55.3 Å². The molecular weight excluding hydrogens is 271 g/mol. The summed E-state index contributed by atoms with van der Waals surface area (Å²) < 4.78 is 13.8. The van der Waals surface area contributed by atoms with Crippen molar-refractivity contribution in [2.45, 2.75) is 32.2 Å². The third-order valence-corrected chi connectivity index (χ3v) is 4.85. The summed E-state index contributed by atoms with van der Waals surface area (Å²) in [6.45, 7) is 1.75. The lowest BCUT2D eigenvalue weighted by Gasteiger charge is -2.25. The van der Waals surface area contributed by atoms with Crippen molar-refractivity contribution in [2.75, 3.05) is 5.32 Å². The topological polar surface area (TPSA) is 35.8 Å². The molecule has 0 aliphatic heterocycles. The van der Waals surface area contributed by atoms with Gasteiger partial charge in [-0.3, -0.25) is 0 Å². The van der Waals surface area contributed by atoms with Gasteiger partial charge in [0.1, 0.15) is 5.82 Å². The average molecular weight is 286 g/mol. The van der Waals surface area contributed by atoms with Crippen LogP contribution < -0.4 is 5.32 Å². The van der Waals surface area contributed by atoms with Crippen LogP contribution in [0, 0.1) is 24.1 Å². The van der Waals surface area contributed by atoms with Crippen molar-refractivity contribution in [1.82, 2.24) is 0 Å². The van der Waals surface area contributed by atoms with Gasteiger partial charge in [-0.1, -0.05) is 0 Å². The number of nitrogens with one attached hydrogen (secondary N) is 1. The van der Waals surface area contributed by atoms with Gasteiger partial charge in [0.05, 0.1) is 17.7 Å². The summed E-state index contributed by atoms with van der Waals surface area (Å²) in [6, 6.07) is 7.40. The Hall–Kier alpha value is -1.86. The van der Waals surface area contributed by atoms with E-state index < -0.39 is 0 Å². The predicted octanol–water partition coefficient (Wildman–Crippen LogP) is 4.56. The van der Waals surface area contributed by atoms with Crippen LogP contribution in [-0.4, -0.2) is 0 Å². The van der Waals surface area contributed by atoms with Gasteiger partial charge in [0, 0.05) is 16.1 Å². The van der Waals surface area contributed by atoms with Gasteiger partial charge >= 0.3 is 0 Å². The number of anilines is 1. The van der Waals surface area contributed by atoms with Crippen molar-refractivity contribution in [3.05, 3.63) is 51.0 Å². The van der Waals surface area contributed by atoms with Crippen LogP contribution in [0.2, 0.25) is 0 Å². The summed E-state index contributed by atoms with van der Waals surface area (Å²) in [6.07, 6.45) is 3.32. The summed E-state index contributed by atoms with van der Waals surface area (Å²) in [5, 5.41) is 14.5. The molecule has 2 nitrogen and oxygen atoms in total. The molecule has 1 N–H and O–H groups in total. The molecule has 0 fully saturated rings. The number of rotatable bonds is 2. The third kappa shape index (κ3) is 2.30. The number of fused-ring (bicyclic) bond motifs is 1. The molecule has 0 saturated heterocycles. The maximum absolute atomic E-state index is 13.8. The van der Waals surface area contributed by atoms with Gasteiger partial charge in [-0.15, -0.1) is 11.3 Å². The Balaban J connectivity index is 1.94. The molecule has 1 unspecified atom stereocenters. The fraction of sp³-hybridized carbons (Fsp3) is 0.312. The van der Waals surface area contributed by atoms with Crippen molar-refractivity contribution in [3.8, 4) is 6.07 Å². The first-order valence-electron chi connectivity index (χ1n) is 6.72. The Bertz CT molecular complexity index is 684. The standard InChI is InChI=1S/C16H15FN2S/c1-10-13(17)7-11(9-18)8-15(10)19-14-3-2-4-16-12(14)5-6-20-16/h5-8,14,19H,2-4H2,1H3. The minimum absolute atomic E-state index is 0.219. The van der Waals surface area contributed by atoms with Crippen LogP contribution >= 0.6 is 11.3 Å². The average Bonchev–Trinajstić information content (AvgIpc) is 2.93. The van der Waals surface area contributed by atoms with E-state index in [9.17, 15) is 4.39 Å². The summed E-state index contributed by atoms with van der Waals surface area (Å²) in [5.74, 6) is -0.326. The van der Waals surface area contributed by atoms with E-state index in [-0.39, 0.29) is 11.9 Å². The molecular formula is C16H15FN2S. The molecule has 0 bridgehead atoms. The Morgan fingerprint density at radius 1 is 1.45 bits per heavy atom. The smallest absolute Gasteiger partial charge is 0.129 e. The third-order valence-electron chi connectivity index (χ3n) is 3.86. The molecule has 3 rings (SSSR count). The Labute approximate surface area is 121 Å². The first-order chi connectivity index (χ1) is 9.69. The molecule has 1 aliphatic rings. The lowest BCUT2D eigenvalue weighted by atomic mass is 9.93.